The SMILES string of the molecule is COc1ccc(C2(c3cccc(-c4cncc(F)c4)c3)COC(N)=N2)cc1. The number of halogens is 1. The van der Waals surface area contributed by atoms with Crippen molar-refractivity contribution < 1.29 is 13.9 Å². The number of hydrogen-bond acceptors (Lipinski definition) is 5. The van der Waals surface area contributed by atoms with Crippen LogP contribution in [0.15, 0.2) is 72.0 Å². The highest BCUT2D eigenvalue weighted by atomic mass is 19.1. The van der Waals surface area contributed by atoms with Gasteiger partial charge in [0.2, 0.25) is 0 Å². The van der Waals surface area contributed by atoms with E-state index in [2.05, 4.69) is 9.98 Å². The molecule has 136 valence electrons. The van der Waals surface area contributed by atoms with Crippen LogP contribution in [0.1, 0.15) is 11.1 Å². The summed E-state index contributed by atoms with van der Waals surface area (Å²) < 4.78 is 24.4. The molecule has 0 radical (unpaired) electrons. The number of benzene rings is 2. The van der Waals surface area contributed by atoms with Crippen molar-refractivity contribution in [1.29, 1.82) is 0 Å². The van der Waals surface area contributed by atoms with Crippen LogP contribution in [0, 0.1) is 5.82 Å². The number of hydrogen-bond donors (Lipinski definition) is 1. The number of nitrogens with zero attached hydrogens (tertiary/aromatic N) is 2. The van der Waals surface area contributed by atoms with Crippen molar-refractivity contribution in [2.45, 2.75) is 5.54 Å². The maximum Gasteiger partial charge on any atom is 0.283 e. The molecule has 2 aromatic carbocycles. The second-order valence-electron chi connectivity index (χ2n) is 6.30. The third-order valence-electron chi connectivity index (χ3n) is 4.68. The van der Waals surface area contributed by atoms with Gasteiger partial charge in [-0.1, -0.05) is 30.3 Å². The van der Waals surface area contributed by atoms with Crippen molar-refractivity contribution in [3.63, 3.8) is 0 Å². The number of nitrogens with two attached hydrogens (primary N) is 1. The summed E-state index contributed by atoms with van der Waals surface area (Å²) in [4.78, 5) is 8.54. The highest BCUT2D eigenvalue weighted by Crippen LogP contribution is 2.39. The van der Waals surface area contributed by atoms with Crippen LogP contribution in [0.3, 0.4) is 0 Å². The highest BCUT2D eigenvalue weighted by Gasteiger charge is 2.40. The fraction of sp³-hybridized carbons (Fsp3) is 0.143. The third kappa shape index (κ3) is 3.10. The summed E-state index contributed by atoms with van der Waals surface area (Å²) in [6.07, 6.45) is 2.81. The first-order valence-electron chi connectivity index (χ1n) is 8.45. The summed E-state index contributed by atoms with van der Waals surface area (Å²) in [6.45, 7) is 0.288. The van der Waals surface area contributed by atoms with E-state index in [-0.39, 0.29) is 18.4 Å². The molecule has 4 rings (SSSR count). The zero-order chi connectivity index (χ0) is 18.9. The summed E-state index contributed by atoms with van der Waals surface area (Å²) >= 11 is 0. The number of aromatic nitrogens is 1. The lowest BCUT2D eigenvalue weighted by atomic mass is 9.83. The van der Waals surface area contributed by atoms with Gasteiger partial charge in [-0.15, -0.1) is 0 Å². The van der Waals surface area contributed by atoms with Crippen LogP contribution in [0.4, 0.5) is 4.39 Å². The minimum atomic E-state index is -0.771. The Balaban J connectivity index is 1.83. The molecule has 3 aromatic rings. The molecule has 2 N–H and O–H groups in total. The Morgan fingerprint density at radius 2 is 1.85 bits per heavy atom. The Morgan fingerprint density at radius 3 is 2.52 bits per heavy atom. The smallest absolute Gasteiger partial charge is 0.283 e. The van der Waals surface area contributed by atoms with Crippen molar-refractivity contribution in [3.8, 4) is 16.9 Å². The van der Waals surface area contributed by atoms with Crippen LogP contribution >= 0.6 is 0 Å². The van der Waals surface area contributed by atoms with Gasteiger partial charge in [0.1, 0.15) is 18.2 Å². The summed E-state index contributed by atoms with van der Waals surface area (Å²) in [5.74, 6) is 0.374. The number of aliphatic imine (C=N–C) groups is 1. The molecule has 1 atom stereocenters. The van der Waals surface area contributed by atoms with E-state index >= 15 is 0 Å². The van der Waals surface area contributed by atoms with Gasteiger partial charge in [0.05, 0.1) is 13.3 Å². The van der Waals surface area contributed by atoms with Gasteiger partial charge in [0.15, 0.2) is 5.54 Å². The maximum atomic E-state index is 13.6. The average molecular weight is 363 g/mol. The molecule has 1 aromatic heterocycles. The first kappa shape index (κ1) is 17.0. The molecule has 0 spiro atoms. The molecule has 0 fully saturated rings. The van der Waals surface area contributed by atoms with Gasteiger partial charge in [0.25, 0.3) is 6.02 Å². The number of methoxy groups -OCH3 is 1. The van der Waals surface area contributed by atoms with E-state index in [1.54, 1.807) is 13.3 Å². The molecule has 0 aliphatic carbocycles. The van der Waals surface area contributed by atoms with Gasteiger partial charge in [-0.05, 0) is 41.0 Å². The Bertz CT molecular complexity index is 1000. The topological polar surface area (TPSA) is 69.7 Å². The molecule has 0 amide bonds. The van der Waals surface area contributed by atoms with Gasteiger partial charge in [0, 0.05) is 11.8 Å². The molecule has 1 aliphatic rings. The van der Waals surface area contributed by atoms with Crippen molar-refractivity contribution >= 4 is 6.02 Å². The van der Waals surface area contributed by atoms with E-state index in [1.807, 2.05) is 48.5 Å². The molecule has 0 bridgehead atoms. The maximum absolute atomic E-state index is 13.6. The molecule has 0 saturated heterocycles. The standard InChI is InChI=1S/C21H18FN3O2/c1-26-19-7-5-16(6-8-19)21(13-27-20(23)25-21)17-4-2-3-14(9-17)15-10-18(22)12-24-11-15/h2-12H,13H2,1H3,(H2,23,25). The second-order valence-corrected chi connectivity index (χ2v) is 6.30. The van der Waals surface area contributed by atoms with Gasteiger partial charge in [-0.2, -0.15) is 0 Å². The fourth-order valence-electron chi connectivity index (χ4n) is 3.29. The van der Waals surface area contributed by atoms with Crippen LogP contribution in [-0.4, -0.2) is 24.7 Å². The molecule has 1 aliphatic heterocycles. The van der Waals surface area contributed by atoms with E-state index in [4.69, 9.17) is 15.2 Å². The van der Waals surface area contributed by atoms with Crippen LogP contribution in [-0.2, 0) is 10.3 Å². The number of amidine groups is 1. The van der Waals surface area contributed by atoms with Crippen molar-refractivity contribution in [1.82, 2.24) is 4.98 Å². The molecule has 6 heteroatoms. The predicted octanol–water partition coefficient (Wildman–Crippen LogP) is 3.48. The zero-order valence-corrected chi connectivity index (χ0v) is 14.7. The van der Waals surface area contributed by atoms with Gasteiger partial charge in [-0.3, -0.25) is 4.98 Å². The monoisotopic (exact) mass is 363 g/mol. The normalized spacial score (nSPS) is 18.7. The van der Waals surface area contributed by atoms with Crippen LogP contribution in [0.5, 0.6) is 5.75 Å². The third-order valence-corrected chi connectivity index (χ3v) is 4.68. The zero-order valence-electron chi connectivity index (χ0n) is 14.7. The molecule has 1 unspecified atom stereocenters. The Morgan fingerprint density at radius 1 is 1.04 bits per heavy atom. The van der Waals surface area contributed by atoms with Crippen LogP contribution < -0.4 is 10.5 Å². The van der Waals surface area contributed by atoms with Gasteiger partial charge in [-0.25, -0.2) is 9.38 Å². The molecule has 5 nitrogen and oxygen atoms in total. The number of rotatable bonds is 4. The minimum Gasteiger partial charge on any atom is -0.497 e. The second kappa shape index (κ2) is 6.72. The van der Waals surface area contributed by atoms with Crippen molar-refractivity contribution in [2.24, 2.45) is 10.7 Å². The summed E-state index contributed by atoms with van der Waals surface area (Å²) in [5, 5.41) is 0. The Kier molecular flexibility index (Phi) is 4.24. The summed E-state index contributed by atoms with van der Waals surface area (Å²) in [5.41, 5.74) is 8.44. The lowest BCUT2D eigenvalue weighted by Crippen LogP contribution is -2.27. The largest absolute Gasteiger partial charge is 0.497 e. The molecule has 0 saturated carbocycles. The Hall–Kier alpha value is -3.41. The number of ether oxygens (including phenoxy) is 2. The quantitative estimate of drug-likeness (QED) is 0.770. The Labute approximate surface area is 156 Å². The molecular weight excluding hydrogens is 345 g/mol. The highest BCUT2D eigenvalue weighted by molar-refractivity contribution is 5.75. The lowest BCUT2D eigenvalue weighted by molar-refractivity contribution is 0.278. The van der Waals surface area contributed by atoms with E-state index in [9.17, 15) is 4.39 Å². The summed E-state index contributed by atoms with van der Waals surface area (Å²) in [7, 11) is 1.62. The van der Waals surface area contributed by atoms with Gasteiger partial charge < -0.3 is 15.2 Å². The van der Waals surface area contributed by atoms with Crippen LogP contribution in [0.2, 0.25) is 0 Å². The van der Waals surface area contributed by atoms with Crippen molar-refractivity contribution in [2.75, 3.05) is 13.7 Å². The molecule has 2 heterocycles. The van der Waals surface area contributed by atoms with Gasteiger partial charge >= 0.3 is 0 Å². The van der Waals surface area contributed by atoms with Crippen LogP contribution in [0.25, 0.3) is 11.1 Å². The van der Waals surface area contributed by atoms with Crippen molar-refractivity contribution in [3.05, 3.63) is 83.9 Å². The molecule has 27 heavy (non-hydrogen) atoms. The van der Waals surface area contributed by atoms with E-state index in [0.29, 0.717) is 5.56 Å². The predicted molar refractivity (Wildman–Crippen MR) is 101 cm³/mol. The van der Waals surface area contributed by atoms with E-state index in [1.165, 1.54) is 12.3 Å². The first-order chi connectivity index (χ1) is 13.1. The van der Waals surface area contributed by atoms with E-state index in [0.717, 1.165) is 22.4 Å². The molecular formula is C21H18FN3O2. The number of pyridine rings is 1. The summed E-state index contributed by atoms with van der Waals surface area (Å²) in [6, 6.07) is 17.0. The fourth-order valence-corrected chi connectivity index (χ4v) is 3.29. The lowest BCUT2D eigenvalue weighted by Gasteiger charge is -2.26. The minimum absolute atomic E-state index is 0.142. The average Bonchev–Trinajstić information content (AvgIpc) is 3.11. The first-order valence-corrected chi connectivity index (χ1v) is 8.45. The van der Waals surface area contributed by atoms with E-state index < -0.39 is 5.54 Å².